The fourth-order valence-electron chi connectivity index (χ4n) is 1.75. The van der Waals surface area contributed by atoms with Crippen molar-refractivity contribution < 1.29 is 0 Å². The smallest absolute Gasteiger partial charge is 0.0828 e. The lowest BCUT2D eigenvalue weighted by Gasteiger charge is -2.11. The normalized spacial score (nSPS) is 13.2. The van der Waals surface area contributed by atoms with Crippen molar-refractivity contribution in [3.8, 4) is 0 Å². The Morgan fingerprint density at radius 2 is 2.24 bits per heavy atom. The zero-order chi connectivity index (χ0) is 12.3. The van der Waals surface area contributed by atoms with E-state index in [1.165, 1.54) is 16.4 Å². The fraction of sp³-hybridized carbons (Fsp3) is 0.500. The van der Waals surface area contributed by atoms with E-state index in [1.807, 2.05) is 0 Å². The summed E-state index contributed by atoms with van der Waals surface area (Å²) >= 11 is 3.23. The molecule has 2 aromatic heterocycles. The number of hydrogen-bond acceptors (Lipinski definition) is 5. The highest BCUT2D eigenvalue weighted by molar-refractivity contribution is 7.09. The minimum atomic E-state index is 0.0644. The third-order valence-electron chi connectivity index (χ3n) is 2.71. The van der Waals surface area contributed by atoms with Crippen LogP contribution >= 0.6 is 22.9 Å². The standard InChI is InChI=1S/C12H17N3S2/c1-8(2)11-12(17-15-14-11)10(13)6-5-9-4-3-7-16-9/h3-4,7-8,10H,5-6,13H2,1-2H3. The third-order valence-corrected chi connectivity index (χ3v) is 4.51. The van der Waals surface area contributed by atoms with Gasteiger partial charge >= 0.3 is 0 Å². The van der Waals surface area contributed by atoms with Crippen LogP contribution < -0.4 is 5.73 Å². The first kappa shape index (κ1) is 12.7. The molecule has 2 heterocycles. The zero-order valence-electron chi connectivity index (χ0n) is 10.1. The number of nitrogens with two attached hydrogens (primary N) is 1. The van der Waals surface area contributed by atoms with Crippen LogP contribution in [0.4, 0.5) is 0 Å². The summed E-state index contributed by atoms with van der Waals surface area (Å²) in [4.78, 5) is 2.54. The first-order valence-electron chi connectivity index (χ1n) is 5.78. The molecule has 0 aliphatic carbocycles. The molecule has 2 rings (SSSR count). The number of aromatic nitrogens is 2. The third kappa shape index (κ3) is 3.12. The van der Waals surface area contributed by atoms with Crippen molar-refractivity contribution in [2.24, 2.45) is 5.73 Å². The quantitative estimate of drug-likeness (QED) is 0.903. The molecule has 1 unspecified atom stereocenters. The predicted octanol–water partition coefficient (Wildman–Crippen LogP) is 3.36. The number of nitrogens with zero attached hydrogens (tertiary/aromatic N) is 2. The maximum absolute atomic E-state index is 6.23. The number of hydrogen-bond donors (Lipinski definition) is 1. The molecule has 2 aromatic rings. The van der Waals surface area contributed by atoms with Crippen LogP contribution in [-0.2, 0) is 6.42 Å². The van der Waals surface area contributed by atoms with Crippen molar-refractivity contribution in [2.45, 2.75) is 38.6 Å². The van der Waals surface area contributed by atoms with Gasteiger partial charge in [0.25, 0.3) is 0 Å². The SMILES string of the molecule is CC(C)c1nnsc1C(N)CCc1cccs1. The Hall–Kier alpha value is -0.780. The van der Waals surface area contributed by atoms with Crippen molar-refractivity contribution in [3.05, 3.63) is 33.0 Å². The van der Waals surface area contributed by atoms with Crippen LogP contribution in [0.25, 0.3) is 0 Å². The molecule has 0 saturated carbocycles. The topological polar surface area (TPSA) is 51.8 Å². The van der Waals surface area contributed by atoms with Crippen LogP contribution in [0.15, 0.2) is 17.5 Å². The van der Waals surface area contributed by atoms with Crippen LogP contribution in [0.2, 0.25) is 0 Å². The van der Waals surface area contributed by atoms with Crippen molar-refractivity contribution in [1.82, 2.24) is 9.59 Å². The van der Waals surface area contributed by atoms with E-state index in [9.17, 15) is 0 Å². The summed E-state index contributed by atoms with van der Waals surface area (Å²) in [5.41, 5.74) is 7.29. The highest BCUT2D eigenvalue weighted by Gasteiger charge is 2.17. The molecule has 17 heavy (non-hydrogen) atoms. The van der Waals surface area contributed by atoms with Gasteiger partial charge in [0.1, 0.15) is 0 Å². The lowest BCUT2D eigenvalue weighted by Crippen LogP contribution is -2.12. The molecule has 0 aromatic carbocycles. The molecule has 0 fully saturated rings. The van der Waals surface area contributed by atoms with E-state index < -0.39 is 0 Å². The Kier molecular flexibility index (Phi) is 4.25. The van der Waals surface area contributed by atoms with Crippen LogP contribution in [0, 0.1) is 0 Å². The summed E-state index contributed by atoms with van der Waals surface area (Å²) in [6, 6.07) is 4.31. The predicted molar refractivity (Wildman–Crippen MR) is 73.6 cm³/mol. The average Bonchev–Trinajstić information content (AvgIpc) is 2.96. The van der Waals surface area contributed by atoms with Gasteiger partial charge in [0, 0.05) is 10.9 Å². The van der Waals surface area contributed by atoms with Gasteiger partial charge in [-0.15, -0.1) is 16.4 Å². The van der Waals surface area contributed by atoms with Gasteiger partial charge in [-0.2, -0.15) is 0 Å². The van der Waals surface area contributed by atoms with E-state index in [2.05, 4.69) is 40.9 Å². The number of aryl methyl sites for hydroxylation is 1. The first-order valence-corrected chi connectivity index (χ1v) is 7.44. The Labute approximate surface area is 110 Å². The second kappa shape index (κ2) is 5.71. The zero-order valence-corrected chi connectivity index (χ0v) is 11.7. The largest absolute Gasteiger partial charge is 0.323 e. The van der Waals surface area contributed by atoms with E-state index in [0.717, 1.165) is 23.4 Å². The maximum atomic E-state index is 6.23. The van der Waals surface area contributed by atoms with E-state index in [4.69, 9.17) is 5.73 Å². The Morgan fingerprint density at radius 3 is 2.88 bits per heavy atom. The number of thiophene rings is 1. The van der Waals surface area contributed by atoms with E-state index >= 15 is 0 Å². The molecule has 0 bridgehead atoms. The molecule has 0 saturated heterocycles. The molecule has 1 atom stereocenters. The molecule has 3 nitrogen and oxygen atoms in total. The Bertz CT molecular complexity index is 448. The Balaban J connectivity index is 1.99. The van der Waals surface area contributed by atoms with Gasteiger partial charge in [-0.1, -0.05) is 24.4 Å². The monoisotopic (exact) mass is 267 g/mol. The second-order valence-corrected chi connectivity index (χ2v) is 6.22. The summed E-state index contributed by atoms with van der Waals surface area (Å²) in [5.74, 6) is 0.400. The molecule has 0 spiro atoms. The molecular weight excluding hydrogens is 250 g/mol. The van der Waals surface area contributed by atoms with Crippen LogP contribution in [0.5, 0.6) is 0 Å². The summed E-state index contributed by atoms with van der Waals surface area (Å²) in [7, 11) is 0. The molecule has 2 N–H and O–H groups in total. The van der Waals surface area contributed by atoms with Gasteiger partial charge in [-0.05, 0) is 41.7 Å². The second-order valence-electron chi connectivity index (χ2n) is 4.40. The number of rotatable bonds is 5. The van der Waals surface area contributed by atoms with E-state index in [1.54, 1.807) is 11.3 Å². The molecule has 5 heteroatoms. The van der Waals surface area contributed by atoms with Gasteiger partial charge in [0.05, 0.1) is 10.6 Å². The highest BCUT2D eigenvalue weighted by atomic mass is 32.1. The Morgan fingerprint density at radius 1 is 1.41 bits per heavy atom. The van der Waals surface area contributed by atoms with Crippen LogP contribution in [0.3, 0.4) is 0 Å². The minimum Gasteiger partial charge on any atom is -0.323 e. The van der Waals surface area contributed by atoms with Gasteiger partial charge < -0.3 is 5.73 Å². The summed E-state index contributed by atoms with van der Waals surface area (Å²) in [6.45, 7) is 4.26. The molecule has 0 radical (unpaired) electrons. The van der Waals surface area contributed by atoms with E-state index in [-0.39, 0.29) is 6.04 Å². The molecular formula is C12H17N3S2. The van der Waals surface area contributed by atoms with Crippen molar-refractivity contribution >= 4 is 22.9 Å². The molecule has 0 aliphatic heterocycles. The van der Waals surface area contributed by atoms with Crippen molar-refractivity contribution in [2.75, 3.05) is 0 Å². The van der Waals surface area contributed by atoms with Crippen LogP contribution in [0.1, 0.15) is 47.7 Å². The summed E-state index contributed by atoms with van der Waals surface area (Å²) in [6.07, 6.45) is 2.00. The fourth-order valence-corrected chi connectivity index (χ4v) is 3.31. The summed E-state index contributed by atoms with van der Waals surface area (Å²) < 4.78 is 4.02. The molecule has 0 aliphatic rings. The molecule has 0 amide bonds. The van der Waals surface area contributed by atoms with Gasteiger partial charge in [0.2, 0.25) is 0 Å². The lowest BCUT2D eigenvalue weighted by atomic mass is 10.0. The van der Waals surface area contributed by atoms with Gasteiger partial charge in [-0.25, -0.2) is 0 Å². The van der Waals surface area contributed by atoms with Crippen molar-refractivity contribution in [3.63, 3.8) is 0 Å². The lowest BCUT2D eigenvalue weighted by molar-refractivity contribution is 0.647. The minimum absolute atomic E-state index is 0.0644. The first-order chi connectivity index (χ1) is 8.18. The molecule has 92 valence electrons. The van der Waals surface area contributed by atoms with Gasteiger partial charge in [0.15, 0.2) is 0 Å². The summed E-state index contributed by atoms with van der Waals surface area (Å²) in [5, 5.41) is 6.28. The van der Waals surface area contributed by atoms with E-state index in [0.29, 0.717) is 5.92 Å². The van der Waals surface area contributed by atoms with Crippen LogP contribution in [-0.4, -0.2) is 9.59 Å². The average molecular weight is 267 g/mol. The maximum Gasteiger partial charge on any atom is 0.0828 e. The van der Waals surface area contributed by atoms with Gasteiger partial charge in [-0.3, -0.25) is 0 Å². The highest BCUT2D eigenvalue weighted by Crippen LogP contribution is 2.27. The van der Waals surface area contributed by atoms with Crippen molar-refractivity contribution in [1.29, 1.82) is 0 Å².